The maximum Gasteiger partial charge on any atom is 0.250 e. The number of aryl methyl sites for hydroxylation is 2. The van der Waals surface area contributed by atoms with Crippen molar-refractivity contribution in [2.24, 2.45) is 0 Å². The predicted octanol–water partition coefficient (Wildman–Crippen LogP) is 3.13. The Morgan fingerprint density at radius 2 is 1.77 bits per heavy atom. The Kier molecular flexibility index (Phi) is 5.05. The van der Waals surface area contributed by atoms with Gasteiger partial charge in [-0.2, -0.15) is 0 Å². The molecule has 0 spiro atoms. The molecule has 0 aromatic heterocycles. The first-order valence-electron chi connectivity index (χ1n) is 8.74. The van der Waals surface area contributed by atoms with Gasteiger partial charge in [0.05, 0.1) is 11.9 Å². The Bertz CT molecular complexity index is 907. The van der Waals surface area contributed by atoms with Gasteiger partial charge in [0.25, 0.3) is 5.91 Å². The second-order valence-electron chi connectivity index (χ2n) is 6.79. The number of amides is 1. The largest absolute Gasteiger partial charge is 0.310 e. The summed E-state index contributed by atoms with van der Waals surface area (Å²) in [6, 6.07) is 14.2. The van der Waals surface area contributed by atoms with Crippen LogP contribution in [-0.4, -0.2) is 33.2 Å². The molecule has 0 N–H and O–H groups in total. The molecule has 0 fully saturated rings. The number of fused-ring (bicyclic) bond motifs is 1. The zero-order valence-corrected chi connectivity index (χ0v) is 16.2. The summed E-state index contributed by atoms with van der Waals surface area (Å²) < 4.78 is 26.1. The molecule has 2 aromatic carbocycles. The second kappa shape index (κ2) is 7.11. The van der Waals surface area contributed by atoms with Crippen molar-refractivity contribution in [2.75, 3.05) is 22.0 Å². The molecule has 1 amide bonds. The van der Waals surface area contributed by atoms with Crippen LogP contribution in [0.15, 0.2) is 48.5 Å². The Morgan fingerprint density at radius 1 is 1.12 bits per heavy atom. The SMILES string of the molecule is Cc1ccc(N([C@@H](C)C(=O)N2CCCc3ccccc32)S(C)(=O)=O)cc1. The first-order chi connectivity index (χ1) is 12.3. The molecular formula is C20H24N2O3S. The van der Waals surface area contributed by atoms with Gasteiger partial charge >= 0.3 is 0 Å². The van der Waals surface area contributed by atoms with Crippen molar-refractivity contribution in [1.82, 2.24) is 0 Å². The summed E-state index contributed by atoms with van der Waals surface area (Å²) in [6.07, 6.45) is 2.95. The average molecular weight is 372 g/mol. The van der Waals surface area contributed by atoms with Gasteiger partial charge in [0, 0.05) is 12.2 Å². The fraction of sp³-hybridized carbons (Fsp3) is 0.350. The molecule has 0 saturated heterocycles. The Hall–Kier alpha value is -2.34. The van der Waals surface area contributed by atoms with Crippen LogP contribution in [0.2, 0.25) is 0 Å². The van der Waals surface area contributed by atoms with Crippen molar-refractivity contribution < 1.29 is 13.2 Å². The van der Waals surface area contributed by atoms with E-state index in [1.54, 1.807) is 24.0 Å². The van der Waals surface area contributed by atoms with Gasteiger partial charge in [0.2, 0.25) is 10.0 Å². The van der Waals surface area contributed by atoms with Gasteiger partial charge in [0.15, 0.2) is 0 Å². The Morgan fingerprint density at radius 3 is 2.42 bits per heavy atom. The fourth-order valence-electron chi connectivity index (χ4n) is 3.48. The van der Waals surface area contributed by atoms with E-state index in [1.807, 2.05) is 43.3 Å². The van der Waals surface area contributed by atoms with Gasteiger partial charge in [-0.25, -0.2) is 8.42 Å². The van der Waals surface area contributed by atoms with Gasteiger partial charge in [-0.05, 0) is 50.5 Å². The highest BCUT2D eigenvalue weighted by Crippen LogP contribution is 2.29. The van der Waals surface area contributed by atoms with Crippen LogP contribution in [0.1, 0.15) is 24.5 Å². The van der Waals surface area contributed by atoms with E-state index >= 15 is 0 Å². The van der Waals surface area contributed by atoms with Crippen molar-refractivity contribution in [3.8, 4) is 0 Å². The molecule has 0 saturated carbocycles. The monoisotopic (exact) mass is 372 g/mol. The molecule has 0 aliphatic carbocycles. The van der Waals surface area contributed by atoms with E-state index in [-0.39, 0.29) is 5.91 Å². The molecule has 1 aliphatic heterocycles. The van der Waals surface area contributed by atoms with Crippen molar-refractivity contribution in [1.29, 1.82) is 0 Å². The standard InChI is InChI=1S/C20H24N2O3S/c1-15-10-12-18(13-11-15)22(26(3,24)25)16(2)20(23)21-14-6-8-17-7-4-5-9-19(17)21/h4-5,7,9-13,16H,6,8,14H2,1-3H3/t16-/m0/s1. The number of para-hydroxylation sites is 1. The number of carbonyl (C=O) groups excluding carboxylic acids is 1. The van der Waals surface area contributed by atoms with Crippen LogP contribution in [-0.2, 0) is 21.2 Å². The molecule has 0 radical (unpaired) electrons. The highest BCUT2D eigenvalue weighted by atomic mass is 32.2. The first kappa shape index (κ1) is 18.5. The molecule has 0 unspecified atom stereocenters. The molecule has 5 nitrogen and oxygen atoms in total. The van der Waals surface area contributed by atoms with Crippen LogP contribution in [0.4, 0.5) is 11.4 Å². The van der Waals surface area contributed by atoms with Crippen LogP contribution in [0.5, 0.6) is 0 Å². The molecule has 26 heavy (non-hydrogen) atoms. The van der Waals surface area contributed by atoms with Crippen LogP contribution in [0, 0.1) is 6.92 Å². The minimum absolute atomic E-state index is 0.205. The van der Waals surface area contributed by atoms with Gasteiger partial charge in [-0.3, -0.25) is 9.10 Å². The number of rotatable bonds is 4. The summed E-state index contributed by atoms with van der Waals surface area (Å²) in [4.78, 5) is 14.9. The minimum atomic E-state index is -3.61. The lowest BCUT2D eigenvalue weighted by Gasteiger charge is -2.35. The number of hydrogen-bond donors (Lipinski definition) is 0. The minimum Gasteiger partial charge on any atom is -0.310 e. The van der Waals surface area contributed by atoms with Crippen molar-refractivity contribution in [3.63, 3.8) is 0 Å². The van der Waals surface area contributed by atoms with E-state index in [0.29, 0.717) is 12.2 Å². The average Bonchev–Trinajstić information content (AvgIpc) is 2.61. The van der Waals surface area contributed by atoms with E-state index < -0.39 is 16.1 Å². The summed E-state index contributed by atoms with van der Waals surface area (Å²) in [5.74, 6) is -0.205. The third kappa shape index (κ3) is 3.60. The Balaban J connectivity index is 1.96. The molecule has 2 aromatic rings. The fourth-order valence-corrected chi connectivity index (χ4v) is 4.65. The molecule has 1 heterocycles. The summed E-state index contributed by atoms with van der Waals surface area (Å²) in [6.45, 7) is 4.19. The zero-order chi connectivity index (χ0) is 18.9. The Labute approximate surface area is 155 Å². The van der Waals surface area contributed by atoms with Gasteiger partial charge in [-0.1, -0.05) is 35.9 Å². The predicted molar refractivity (Wildman–Crippen MR) is 105 cm³/mol. The smallest absolute Gasteiger partial charge is 0.250 e. The number of benzene rings is 2. The van der Waals surface area contributed by atoms with Crippen molar-refractivity contribution in [3.05, 3.63) is 59.7 Å². The van der Waals surface area contributed by atoms with E-state index in [4.69, 9.17) is 0 Å². The number of anilines is 2. The summed E-state index contributed by atoms with van der Waals surface area (Å²) in [5, 5.41) is 0. The second-order valence-corrected chi connectivity index (χ2v) is 8.65. The topological polar surface area (TPSA) is 57.7 Å². The molecule has 3 rings (SSSR count). The lowest BCUT2D eigenvalue weighted by atomic mass is 10.0. The summed E-state index contributed by atoms with van der Waals surface area (Å²) in [5.41, 5.74) is 3.55. The molecule has 1 atom stereocenters. The number of carbonyl (C=O) groups is 1. The lowest BCUT2D eigenvalue weighted by molar-refractivity contribution is -0.119. The van der Waals surface area contributed by atoms with Crippen molar-refractivity contribution in [2.45, 2.75) is 32.7 Å². The first-order valence-corrected chi connectivity index (χ1v) is 10.6. The highest BCUT2D eigenvalue weighted by Gasteiger charge is 2.34. The van der Waals surface area contributed by atoms with Gasteiger partial charge in [-0.15, -0.1) is 0 Å². The van der Waals surface area contributed by atoms with E-state index in [0.717, 1.165) is 35.9 Å². The number of nitrogens with zero attached hydrogens (tertiary/aromatic N) is 2. The number of sulfonamides is 1. The normalized spacial score (nSPS) is 15.3. The maximum absolute atomic E-state index is 13.2. The van der Waals surface area contributed by atoms with Crippen LogP contribution < -0.4 is 9.21 Å². The van der Waals surface area contributed by atoms with Crippen LogP contribution in [0.25, 0.3) is 0 Å². The van der Waals surface area contributed by atoms with Gasteiger partial charge in [0.1, 0.15) is 6.04 Å². The van der Waals surface area contributed by atoms with Crippen molar-refractivity contribution >= 4 is 27.3 Å². The summed E-state index contributed by atoms with van der Waals surface area (Å²) in [7, 11) is -3.61. The lowest BCUT2D eigenvalue weighted by Crippen LogP contribution is -2.50. The maximum atomic E-state index is 13.2. The quantitative estimate of drug-likeness (QED) is 0.828. The molecule has 138 valence electrons. The molecule has 6 heteroatoms. The third-order valence-electron chi connectivity index (χ3n) is 4.73. The molecular weight excluding hydrogens is 348 g/mol. The van der Waals surface area contributed by atoms with Crippen LogP contribution >= 0.6 is 0 Å². The van der Waals surface area contributed by atoms with Gasteiger partial charge < -0.3 is 4.90 Å². The number of hydrogen-bond acceptors (Lipinski definition) is 3. The highest BCUT2D eigenvalue weighted by molar-refractivity contribution is 7.92. The molecule has 0 bridgehead atoms. The van der Waals surface area contributed by atoms with E-state index in [9.17, 15) is 13.2 Å². The zero-order valence-electron chi connectivity index (χ0n) is 15.3. The summed E-state index contributed by atoms with van der Waals surface area (Å²) >= 11 is 0. The third-order valence-corrected chi connectivity index (χ3v) is 5.97. The van der Waals surface area contributed by atoms with E-state index in [2.05, 4.69) is 0 Å². The van der Waals surface area contributed by atoms with E-state index in [1.165, 1.54) is 4.31 Å². The molecule has 1 aliphatic rings. The van der Waals surface area contributed by atoms with Crippen LogP contribution in [0.3, 0.4) is 0 Å².